The highest BCUT2D eigenvalue weighted by atomic mass is 32.1. The SMILES string of the molecule is c1ccc(-c2nsc(NC3CCOC(c4ccccc4)C3)n2)cc1. The smallest absolute Gasteiger partial charge is 0.203 e. The highest BCUT2D eigenvalue weighted by Crippen LogP contribution is 2.30. The summed E-state index contributed by atoms with van der Waals surface area (Å²) < 4.78 is 10.4. The maximum absolute atomic E-state index is 5.93. The Morgan fingerprint density at radius 3 is 2.54 bits per heavy atom. The van der Waals surface area contributed by atoms with Crippen molar-refractivity contribution in [3.63, 3.8) is 0 Å². The highest BCUT2D eigenvalue weighted by molar-refractivity contribution is 7.09. The molecule has 4 nitrogen and oxygen atoms in total. The second-order valence-electron chi connectivity index (χ2n) is 5.92. The van der Waals surface area contributed by atoms with Crippen LogP contribution in [-0.2, 0) is 4.74 Å². The van der Waals surface area contributed by atoms with Gasteiger partial charge in [0.05, 0.1) is 6.10 Å². The molecule has 1 aliphatic heterocycles. The number of ether oxygens (including phenoxy) is 1. The molecule has 0 aliphatic carbocycles. The number of rotatable bonds is 4. The summed E-state index contributed by atoms with van der Waals surface area (Å²) in [5, 5.41) is 4.42. The topological polar surface area (TPSA) is 47.0 Å². The molecule has 1 aliphatic rings. The van der Waals surface area contributed by atoms with E-state index < -0.39 is 0 Å². The van der Waals surface area contributed by atoms with E-state index in [0.29, 0.717) is 6.04 Å². The second-order valence-corrected chi connectivity index (χ2v) is 6.68. The number of hydrogen-bond donors (Lipinski definition) is 1. The zero-order valence-electron chi connectivity index (χ0n) is 13.3. The van der Waals surface area contributed by atoms with E-state index in [-0.39, 0.29) is 6.10 Å². The van der Waals surface area contributed by atoms with Gasteiger partial charge in [0, 0.05) is 29.7 Å². The molecule has 1 fully saturated rings. The third-order valence-electron chi connectivity index (χ3n) is 4.24. The first-order valence-corrected chi connectivity index (χ1v) is 8.98. The third-order valence-corrected chi connectivity index (χ3v) is 4.89. The fraction of sp³-hybridized carbons (Fsp3) is 0.263. The van der Waals surface area contributed by atoms with Gasteiger partial charge >= 0.3 is 0 Å². The molecule has 0 bridgehead atoms. The van der Waals surface area contributed by atoms with Crippen LogP contribution in [0.2, 0.25) is 0 Å². The van der Waals surface area contributed by atoms with Gasteiger partial charge in [-0.25, -0.2) is 0 Å². The Balaban J connectivity index is 1.43. The zero-order valence-corrected chi connectivity index (χ0v) is 14.1. The fourth-order valence-electron chi connectivity index (χ4n) is 2.99. The molecule has 1 N–H and O–H groups in total. The maximum atomic E-state index is 5.93. The summed E-state index contributed by atoms with van der Waals surface area (Å²) in [7, 11) is 0. The molecule has 2 unspecified atom stereocenters. The van der Waals surface area contributed by atoms with Crippen molar-refractivity contribution in [3.8, 4) is 11.4 Å². The zero-order chi connectivity index (χ0) is 16.2. The van der Waals surface area contributed by atoms with Crippen LogP contribution in [0.15, 0.2) is 60.7 Å². The van der Waals surface area contributed by atoms with Crippen LogP contribution < -0.4 is 5.32 Å². The lowest BCUT2D eigenvalue weighted by Gasteiger charge is -2.30. The van der Waals surface area contributed by atoms with E-state index >= 15 is 0 Å². The summed E-state index contributed by atoms with van der Waals surface area (Å²) in [5.74, 6) is 0.787. The van der Waals surface area contributed by atoms with Crippen LogP contribution in [0.5, 0.6) is 0 Å². The molecule has 2 atom stereocenters. The highest BCUT2D eigenvalue weighted by Gasteiger charge is 2.24. The van der Waals surface area contributed by atoms with Gasteiger partial charge in [0.15, 0.2) is 5.82 Å². The summed E-state index contributed by atoms with van der Waals surface area (Å²) in [6, 6.07) is 20.9. The van der Waals surface area contributed by atoms with E-state index in [1.54, 1.807) is 0 Å². The Bertz CT molecular complexity index is 776. The average molecular weight is 337 g/mol. The van der Waals surface area contributed by atoms with Crippen molar-refractivity contribution in [3.05, 3.63) is 66.2 Å². The van der Waals surface area contributed by atoms with Crippen LogP contribution in [0.4, 0.5) is 5.13 Å². The lowest BCUT2D eigenvalue weighted by atomic mass is 9.98. The minimum atomic E-state index is 0.152. The second kappa shape index (κ2) is 7.11. The van der Waals surface area contributed by atoms with Crippen LogP contribution in [0.25, 0.3) is 11.4 Å². The third kappa shape index (κ3) is 3.47. The number of nitrogens with zero attached hydrogens (tertiary/aromatic N) is 2. The average Bonchev–Trinajstić information content (AvgIpc) is 3.12. The van der Waals surface area contributed by atoms with Gasteiger partial charge in [-0.15, -0.1) is 0 Å². The van der Waals surface area contributed by atoms with Gasteiger partial charge in [-0.05, 0) is 18.4 Å². The molecule has 1 aromatic heterocycles. The predicted molar refractivity (Wildman–Crippen MR) is 97.1 cm³/mol. The molecule has 122 valence electrons. The van der Waals surface area contributed by atoms with Gasteiger partial charge in [-0.1, -0.05) is 60.7 Å². The van der Waals surface area contributed by atoms with Crippen molar-refractivity contribution in [2.24, 2.45) is 0 Å². The summed E-state index contributed by atoms with van der Waals surface area (Å²) in [4.78, 5) is 4.63. The van der Waals surface area contributed by atoms with Gasteiger partial charge in [-0.2, -0.15) is 9.36 Å². The molecule has 5 heteroatoms. The molecule has 1 saturated heterocycles. The summed E-state index contributed by atoms with van der Waals surface area (Å²) >= 11 is 1.42. The molecule has 0 spiro atoms. The van der Waals surface area contributed by atoms with Crippen molar-refractivity contribution in [2.45, 2.75) is 25.0 Å². The summed E-state index contributed by atoms with van der Waals surface area (Å²) in [5.41, 5.74) is 2.29. The quantitative estimate of drug-likeness (QED) is 0.759. The normalized spacial score (nSPS) is 20.7. The number of nitrogens with one attached hydrogen (secondary N) is 1. The largest absolute Gasteiger partial charge is 0.373 e. The van der Waals surface area contributed by atoms with Gasteiger partial charge in [0.2, 0.25) is 5.13 Å². The number of aromatic nitrogens is 2. The lowest BCUT2D eigenvalue weighted by Crippen LogP contribution is -2.30. The molecule has 24 heavy (non-hydrogen) atoms. The monoisotopic (exact) mass is 337 g/mol. The summed E-state index contributed by atoms with van der Waals surface area (Å²) in [6.45, 7) is 0.765. The molecule has 0 amide bonds. The van der Waals surface area contributed by atoms with Gasteiger partial charge < -0.3 is 10.1 Å². The van der Waals surface area contributed by atoms with E-state index in [0.717, 1.165) is 36.0 Å². The molecule has 0 saturated carbocycles. The number of hydrogen-bond acceptors (Lipinski definition) is 5. The number of anilines is 1. The molecule has 2 aromatic carbocycles. The Labute approximate surface area is 145 Å². The first-order chi connectivity index (χ1) is 11.9. The van der Waals surface area contributed by atoms with E-state index in [2.05, 4.69) is 38.9 Å². The van der Waals surface area contributed by atoms with E-state index in [1.165, 1.54) is 17.1 Å². The minimum absolute atomic E-state index is 0.152. The molecule has 2 heterocycles. The van der Waals surface area contributed by atoms with Crippen molar-refractivity contribution in [1.82, 2.24) is 9.36 Å². The Morgan fingerprint density at radius 2 is 1.75 bits per heavy atom. The maximum Gasteiger partial charge on any atom is 0.203 e. The van der Waals surface area contributed by atoms with Crippen molar-refractivity contribution < 1.29 is 4.74 Å². The molecular weight excluding hydrogens is 318 g/mol. The van der Waals surface area contributed by atoms with Crippen LogP contribution in [-0.4, -0.2) is 22.0 Å². The Hall–Kier alpha value is -2.24. The minimum Gasteiger partial charge on any atom is -0.373 e. The van der Waals surface area contributed by atoms with Gasteiger partial charge in [-0.3, -0.25) is 0 Å². The van der Waals surface area contributed by atoms with Crippen LogP contribution in [0.3, 0.4) is 0 Å². The van der Waals surface area contributed by atoms with Crippen molar-refractivity contribution in [1.29, 1.82) is 0 Å². The van der Waals surface area contributed by atoms with E-state index in [1.807, 2.05) is 36.4 Å². The van der Waals surface area contributed by atoms with E-state index in [9.17, 15) is 0 Å². The molecule has 3 aromatic rings. The fourth-order valence-corrected chi connectivity index (χ4v) is 3.65. The van der Waals surface area contributed by atoms with Crippen LogP contribution in [0, 0.1) is 0 Å². The Morgan fingerprint density at radius 1 is 1.00 bits per heavy atom. The van der Waals surface area contributed by atoms with Gasteiger partial charge in [0.1, 0.15) is 0 Å². The first kappa shape index (κ1) is 15.3. The van der Waals surface area contributed by atoms with Gasteiger partial charge in [0.25, 0.3) is 0 Å². The standard InChI is InChI=1S/C19H19N3OS/c1-3-7-14(8-4-1)17-13-16(11-12-23-17)20-19-21-18(22-24-19)15-9-5-2-6-10-15/h1-10,16-17H,11-13H2,(H,20,21,22). The Kier molecular flexibility index (Phi) is 4.53. The summed E-state index contributed by atoms with van der Waals surface area (Å²) in [6.07, 6.45) is 2.09. The molecule has 4 rings (SSSR count). The van der Waals surface area contributed by atoms with Crippen LogP contribution in [0.1, 0.15) is 24.5 Å². The molecule has 0 radical (unpaired) electrons. The molecular formula is C19H19N3OS. The predicted octanol–water partition coefficient (Wildman–Crippen LogP) is 4.54. The van der Waals surface area contributed by atoms with Crippen molar-refractivity contribution in [2.75, 3.05) is 11.9 Å². The van der Waals surface area contributed by atoms with E-state index in [4.69, 9.17) is 4.74 Å². The van der Waals surface area contributed by atoms with Crippen LogP contribution >= 0.6 is 11.5 Å². The lowest BCUT2D eigenvalue weighted by molar-refractivity contribution is 0.00979. The van der Waals surface area contributed by atoms with Crippen molar-refractivity contribution >= 4 is 16.7 Å². The first-order valence-electron chi connectivity index (χ1n) is 8.21. The number of benzene rings is 2.